The maximum Gasteiger partial charge on any atom is 3.00 e. The number of anilines is 1. The van der Waals surface area contributed by atoms with Crippen LogP contribution in [0.2, 0.25) is 0 Å². The summed E-state index contributed by atoms with van der Waals surface area (Å²) in [6, 6.07) is 29.7. The van der Waals surface area contributed by atoms with Crippen molar-refractivity contribution in [1.82, 2.24) is 25.3 Å². The summed E-state index contributed by atoms with van der Waals surface area (Å²) in [5, 5.41) is 17.7. The first-order valence-corrected chi connectivity index (χ1v) is 16.3. The van der Waals surface area contributed by atoms with E-state index in [9.17, 15) is 0 Å². The third-order valence-electron chi connectivity index (χ3n) is 9.45. The predicted molar refractivity (Wildman–Crippen MR) is 174 cm³/mol. The normalized spacial score (nSPS) is 17.2. The molecular formula is C38H39IrN6. The second kappa shape index (κ2) is 14.7. The largest absolute Gasteiger partial charge is 3.00 e. The third-order valence-corrected chi connectivity index (χ3v) is 9.45. The molecule has 8 rings (SSSR count). The average molecular weight is 772 g/mol. The van der Waals surface area contributed by atoms with Crippen molar-refractivity contribution >= 4 is 5.69 Å². The first-order valence-electron chi connectivity index (χ1n) is 16.3. The molecule has 0 amide bonds. The first kappa shape index (κ1) is 31.4. The van der Waals surface area contributed by atoms with Crippen molar-refractivity contribution in [2.24, 2.45) is 0 Å². The molecule has 230 valence electrons. The molecule has 0 N–H and O–H groups in total. The fraction of sp³-hybridized carbons (Fsp3) is 0.395. The van der Waals surface area contributed by atoms with Crippen LogP contribution in [0.15, 0.2) is 48.5 Å². The van der Waals surface area contributed by atoms with Gasteiger partial charge in [-0.25, -0.2) is 0 Å². The quantitative estimate of drug-likeness (QED) is 0.159. The van der Waals surface area contributed by atoms with Crippen molar-refractivity contribution in [2.45, 2.75) is 89.4 Å². The van der Waals surface area contributed by atoms with Gasteiger partial charge in [0.25, 0.3) is 0 Å². The van der Waals surface area contributed by atoms with Crippen LogP contribution in [0.5, 0.6) is 0 Å². The van der Waals surface area contributed by atoms with Crippen LogP contribution in [0.3, 0.4) is 0 Å². The minimum absolute atomic E-state index is 0. The van der Waals surface area contributed by atoms with E-state index >= 15 is 0 Å². The van der Waals surface area contributed by atoms with Crippen LogP contribution in [-0.2, 0) is 45.8 Å². The van der Waals surface area contributed by atoms with E-state index in [1.54, 1.807) is 0 Å². The Labute approximate surface area is 281 Å². The second-order valence-corrected chi connectivity index (χ2v) is 12.4. The van der Waals surface area contributed by atoms with E-state index < -0.39 is 0 Å². The molecule has 1 fully saturated rings. The molecule has 0 bridgehead atoms. The zero-order chi connectivity index (χ0) is 29.7. The van der Waals surface area contributed by atoms with Gasteiger partial charge in [0.05, 0.1) is 0 Å². The molecule has 1 aliphatic heterocycles. The third kappa shape index (κ3) is 7.13. The Kier molecular flexibility index (Phi) is 10.2. The summed E-state index contributed by atoms with van der Waals surface area (Å²) in [5.41, 5.74) is 10.1. The van der Waals surface area contributed by atoms with E-state index in [4.69, 9.17) is 0 Å². The van der Waals surface area contributed by atoms with Crippen molar-refractivity contribution in [1.29, 1.82) is 0 Å². The topological polar surface area (TPSA) is 58.0 Å². The Hall–Kier alpha value is -3.59. The van der Waals surface area contributed by atoms with Gasteiger partial charge < -0.3 is 9.80 Å². The number of aromatic nitrogens is 4. The van der Waals surface area contributed by atoms with E-state index in [1.165, 1.54) is 85.6 Å². The van der Waals surface area contributed by atoms with Gasteiger partial charge in [-0.2, -0.15) is 34.0 Å². The number of hydrogen-bond donors (Lipinski definition) is 0. The SMILES string of the molecule is CN1C#CN(c2[c-]ccc(C3CCCCC3)c2)[CH-]1.[Ir+3].[c-]1ccc2c(c1-c1nnc(-c3cccc4c3CCCC4)nn1)CCCC2. The average Bonchev–Trinajstić information content (AvgIpc) is 3.55. The van der Waals surface area contributed by atoms with E-state index in [1.807, 2.05) is 35.6 Å². The molecule has 0 spiro atoms. The molecule has 0 atom stereocenters. The molecule has 4 aliphatic rings. The molecule has 0 radical (unpaired) electrons. The fourth-order valence-corrected chi connectivity index (χ4v) is 7.12. The summed E-state index contributed by atoms with van der Waals surface area (Å²) >= 11 is 0. The zero-order valence-corrected chi connectivity index (χ0v) is 28.4. The van der Waals surface area contributed by atoms with E-state index in [0.717, 1.165) is 48.4 Å². The smallest absolute Gasteiger partial charge is 0.462 e. The second-order valence-electron chi connectivity index (χ2n) is 12.4. The van der Waals surface area contributed by atoms with Gasteiger partial charge in [0.15, 0.2) is 0 Å². The van der Waals surface area contributed by atoms with Crippen LogP contribution in [-0.4, -0.2) is 32.3 Å². The number of hydrogen-bond acceptors (Lipinski definition) is 6. The maximum absolute atomic E-state index is 4.44. The summed E-state index contributed by atoms with van der Waals surface area (Å²) in [6.07, 6.45) is 16.2. The number of nitrogens with zero attached hydrogens (tertiary/aromatic N) is 6. The summed E-state index contributed by atoms with van der Waals surface area (Å²) in [6.45, 7) is 1.97. The summed E-state index contributed by atoms with van der Waals surface area (Å²) in [7, 11) is 1.96. The van der Waals surface area contributed by atoms with Crippen LogP contribution in [0, 0.1) is 30.9 Å². The molecule has 1 aromatic heterocycles. The molecular weight excluding hydrogens is 733 g/mol. The molecule has 4 aromatic rings. The van der Waals surface area contributed by atoms with Crippen molar-refractivity contribution in [3.8, 4) is 34.9 Å². The van der Waals surface area contributed by atoms with Crippen LogP contribution in [0.4, 0.5) is 5.69 Å². The summed E-state index contributed by atoms with van der Waals surface area (Å²) in [5.74, 6) is 1.97. The monoisotopic (exact) mass is 772 g/mol. The van der Waals surface area contributed by atoms with Gasteiger partial charge in [-0.15, -0.1) is 52.3 Å². The molecule has 0 unspecified atom stereocenters. The molecule has 1 saturated carbocycles. The Morgan fingerprint density at radius 3 is 2.18 bits per heavy atom. The van der Waals surface area contributed by atoms with Crippen LogP contribution in [0.1, 0.15) is 91.5 Å². The van der Waals surface area contributed by atoms with Gasteiger partial charge in [0.1, 0.15) is 5.82 Å². The summed E-state index contributed by atoms with van der Waals surface area (Å²) in [4.78, 5) is 3.83. The molecule has 2 heterocycles. The van der Waals surface area contributed by atoms with Crippen molar-refractivity contribution < 1.29 is 20.1 Å². The standard InChI is InChI=1S/C22H21N4.C16H18N2.Ir/c1-3-11-17-15(7-1)9-5-13-19(17)21-23-25-22(26-24-21)20-14-6-10-16-8-2-4-12-18(16)20;1-17-10-11-18(13-17)16-9-5-8-15(12-16)14-6-3-2-4-7-14;/h5-6,9-10,13H,1-4,7-8,11-12H2;5,8,12-14H,2-4,6-7H2,1H3;/q-1;-2;+3. The maximum atomic E-state index is 4.44. The Morgan fingerprint density at radius 1 is 0.733 bits per heavy atom. The predicted octanol–water partition coefficient (Wildman–Crippen LogP) is 7.48. The van der Waals surface area contributed by atoms with E-state index in [-0.39, 0.29) is 20.1 Å². The van der Waals surface area contributed by atoms with E-state index in [0.29, 0.717) is 11.6 Å². The van der Waals surface area contributed by atoms with Gasteiger partial charge in [-0.05, 0) is 75.1 Å². The molecule has 45 heavy (non-hydrogen) atoms. The van der Waals surface area contributed by atoms with Crippen molar-refractivity contribution in [3.63, 3.8) is 0 Å². The fourth-order valence-electron chi connectivity index (χ4n) is 7.12. The number of rotatable bonds is 4. The number of aryl methyl sites for hydroxylation is 2. The first-order chi connectivity index (χ1) is 21.7. The number of fused-ring (bicyclic) bond motifs is 2. The van der Waals surface area contributed by atoms with Crippen molar-refractivity contribution in [2.75, 3.05) is 11.9 Å². The molecule has 7 heteroatoms. The summed E-state index contributed by atoms with van der Waals surface area (Å²) < 4.78 is 0. The number of benzene rings is 3. The van der Waals surface area contributed by atoms with Gasteiger partial charge in [-0.1, -0.05) is 68.0 Å². The van der Waals surface area contributed by atoms with E-state index in [2.05, 4.69) is 81.0 Å². The molecule has 6 nitrogen and oxygen atoms in total. The Morgan fingerprint density at radius 2 is 1.42 bits per heavy atom. The van der Waals surface area contributed by atoms with Gasteiger partial charge >= 0.3 is 20.1 Å². The minimum atomic E-state index is 0. The van der Waals surface area contributed by atoms with Crippen LogP contribution >= 0.6 is 0 Å². The Balaban J connectivity index is 0.000000166. The van der Waals surface area contributed by atoms with Crippen LogP contribution < -0.4 is 4.90 Å². The van der Waals surface area contributed by atoms with Crippen LogP contribution in [0.25, 0.3) is 22.8 Å². The molecule has 0 saturated heterocycles. The zero-order valence-electron chi connectivity index (χ0n) is 26.0. The van der Waals surface area contributed by atoms with Gasteiger partial charge in [0, 0.05) is 11.6 Å². The van der Waals surface area contributed by atoms with Gasteiger partial charge in [-0.3, -0.25) is 0 Å². The Bertz CT molecular complexity index is 1590. The van der Waals surface area contributed by atoms with Gasteiger partial charge in [0.2, 0.25) is 5.82 Å². The molecule has 3 aromatic carbocycles. The molecule has 3 aliphatic carbocycles. The van der Waals surface area contributed by atoms with Crippen molar-refractivity contribution in [3.05, 3.63) is 95.1 Å². The minimum Gasteiger partial charge on any atom is -0.462 e.